The summed E-state index contributed by atoms with van der Waals surface area (Å²) in [5.41, 5.74) is 2.45. The molecule has 0 saturated carbocycles. The molecule has 1 aliphatic heterocycles. The van der Waals surface area contributed by atoms with E-state index in [0.29, 0.717) is 13.0 Å². The maximum Gasteiger partial charge on any atom is 0.408 e. The molecule has 250 valence electrons. The number of hydrogen-bond acceptors (Lipinski definition) is 6. The number of alkyl carbamates (subject to hydrolysis) is 1. The van der Waals surface area contributed by atoms with Crippen molar-refractivity contribution in [1.29, 1.82) is 0 Å². The maximum absolute atomic E-state index is 14.0. The molecular weight excluding hydrogens is 608 g/mol. The number of fused-ring (bicyclic) bond motifs is 1. The second-order valence-corrected chi connectivity index (χ2v) is 12.1. The number of carbonyl (C=O) groups excluding carboxylic acids is 4. The van der Waals surface area contributed by atoms with Gasteiger partial charge in [0.25, 0.3) is 0 Å². The zero-order chi connectivity index (χ0) is 33.7. The molecule has 5 N–H and O–H groups in total. The Balaban J connectivity index is 1.35. The van der Waals surface area contributed by atoms with Crippen LogP contribution in [-0.4, -0.2) is 60.2 Å². The minimum Gasteiger partial charge on any atom is -0.445 e. The van der Waals surface area contributed by atoms with Crippen molar-refractivity contribution in [1.82, 2.24) is 21.3 Å². The van der Waals surface area contributed by atoms with Crippen LogP contribution in [0.4, 0.5) is 4.79 Å². The van der Waals surface area contributed by atoms with Crippen LogP contribution in [0.2, 0.25) is 0 Å². The Morgan fingerprint density at radius 1 is 0.771 bits per heavy atom. The molecule has 0 aromatic heterocycles. The molecule has 10 heteroatoms. The van der Waals surface area contributed by atoms with Crippen LogP contribution in [0, 0.1) is 5.92 Å². The first-order valence-corrected chi connectivity index (χ1v) is 16.4. The van der Waals surface area contributed by atoms with E-state index in [1.807, 2.05) is 103 Å². The number of aliphatic hydroxyl groups excluding tert-OH is 1. The van der Waals surface area contributed by atoms with Gasteiger partial charge in [0.1, 0.15) is 18.7 Å². The van der Waals surface area contributed by atoms with Crippen molar-refractivity contribution in [2.45, 2.75) is 56.8 Å². The Labute approximate surface area is 280 Å². The van der Waals surface area contributed by atoms with Crippen LogP contribution in [-0.2, 0) is 38.6 Å². The molecule has 0 unspecified atom stereocenters. The van der Waals surface area contributed by atoms with Crippen LogP contribution >= 0.6 is 0 Å². The van der Waals surface area contributed by atoms with Gasteiger partial charge in [0, 0.05) is 25.3 Å². The molecule has 0 aliphatic carbocycles. The molecule has 0 bridgehead atoms. The van der Waals surface area contributed by atoms with E-state index in [4.69, 9.17) is 4.74 Å². The number of hydrogen-bond donors (Lipinski definition) is 5. The highest BCUT2D eigenvalue weighted by atomic mass is 16.5. The lowest BCUT2D eigenvalue weighted by Crippen LogP contribution is -2.56. The van der Waals surface area contributed by atoms with E-state index in [2.05, 4.69) is 21.3 Å². The Bertz CT molecular complexity index is 1680. The molecule has 0 radical (unpaired) electrons. The van der Waals surface area contributed by atoms with Crippen molar-refractivity contribution in [2.24, 2.45) is 5.92 Å². The number of rotatable bonds is 14. The summed E-state index contributed by atoms with van der Waals surface area (Å²) >= 11 is 0. The highest BCUT2D eigenvalue weighted by Gasteiger charge is 2.31. The summed E-state index contributed by atoms with van der Waals surface area (Å²) in [6, 6.07) is 29.2. The normalized spacial score (nSPS) is 16.2. The van der Waals surface area contributed by atoms with E-state index >= 15 is 0 Å². The molecular formula is C38H42N4O6. The molecule has 1 saturated heterocycles. The molecule has 1 fully saturated rings. The van der Waals surface area contributed by atoms with E-state index in [-0.39, 0.29) is 44.3 Å². The van der Waals surface area contributed by atoms with Crippen LogP contribution in [0.25, 0.3) is 10.8 Å². The lowest BCUT2D eigenvalue weighted by atomic mass is 9.91. The quantitative estimate of drug-likeness (QED) is 0.140. The van der Waals surface area contributed by atoms with Gasteiger partial charge >= 0.3 is 6.09 Å². The second-order valence-electron chi connectivity index (χ2n) is 12.1. The molecule has 4 aromatic carbocycles. The Morgan fingerprint density at radius 2 is 1.42 bits per heavy atom. The first-order valence-electron chi connectivity index (χ1n) is 16.4. The third-order valence-corrected chi connectivity index (χ3v) is 8.58. The van der Waals surface area contributed by atoms with Crippen molar-refractivity contribution < 1.29 is 29.0 Å². The van der Waals surface area contributed by atoms with E-state index in [1.54, 1.807) is 0 Å². The zero-order valence-electron chi connectivity index (χ0n) is 26.8. The van der Waals surface area contributed by atoms with Crippen LogP contribution in [0.3, 0.4) is 0 Å². The Kier molecular flexibility index (Phi) is 12.1. The van der Waals surface area contributed by atoms with Crippen molar-refractivity contribution >= 4 is 34.6 Å². The summed E-state index contributed by atoms with van der Waals surface area (Å²) in [4.78, 5) is 53.2. The van der Waals surface area contributed by atoms with Gasteiger partial charge in [0.2, 0.25) is 17.7 Å². The monoisotopic (exact) mass is 650 g/mol. The molecule has 0 spiro atoms. The van der Waals surface area contributed by atoms with Crippen molar-refractivity contribution in [3.05, 3.63) is 120 Å². The smallest absolute Gasteiger partial charge is 0.408 e. The number of benzene rings is 4. The average molecular weight is 651 g/mol. The fraction of sp³-hybridized carbons (Fsp3) is 0.316. The van der Waals surface area contributed by atoms with Gasteiger partial charge in [0.05, 0.1) is 12.6 Å². The van der Waals surface area contributed by atoms with E-state index in [0.717, 1.165) is 33.9 Å². The van der Waals surface area contributed by atoms with Crippen LogP contribution < -0.4 is 21.3 Å². The molecule has 1 aliphatic rings. The van der Waals surface area contributed by atoms with Crippen LogP contribution in [0.1, 0.15) is 36.0 Å². The molecule has 1 heterocycles. The number of amides is 4. The highest BCUT2D eigenvalue weighted by Crippen LogP contribution is 2.21. The molecule has 4 atom stereocenters. The average Bonchev–Trinajstić information content (AvgIpc) is 3.11. The lowest BCUT2D eigenvalue weighted by molar-refractivity contribution is -0.131. The fourth-order valence-electron chi connectivity index (χ4n) is 6.02. The van der Waals surface area contributed by atoms with E-state index in [9.17, 15) is 24.3 Å². The van der Waals surface area contributed by atoms with Crippen LogP contribution in [0.5, 0.6) is 0 Å². The standard InChI is InChI=1S/C38H42N4O6/c43-24-31(22-30-18-10-20-39-35(30)44)40-36(45)33(21-26-11-3-1-4-12-26)41-37(46)34(42-38(47)48-25-27-13-5-2-6-14-27)23-29-17-9-16-28-15-7-8-19-32(28)29/h1-9,11-17,19,30-31,33-34,43H,10,18,20-25H2,(H,39,44)(H,40,45)(H,41,46)(H,42,47)/t30-,31-,33-,34-/m0/s1. The predicted molar refractivity (Wildman–Crippen MR) is 183 cm³/mol. The van der Waals surface area contributed by atoms with Crippen molar-refractivity contribution in [3.63, 3.8) is 0 Å². The third kappa shape index (κ3) is 9.65. The number of nitrogens with one attached hydrogen (secondary N) is 4. The topological polar surface area (TPSA) is 146 Å². The van der Waals surface area contributed by atoms with Gasteiger partial charge in [-0.2, -0.15) is 0 Å². The predicted octanol–water partition coefficient (Wildman–Crippen LogP) is 3.80. The van der Waals surface area contributed by atoms with Gasteiger partial charge in [-0.25, -0.2) is 4.79 Å². The fourth-order valence-corrected chi connectivity index (χ4v) is 6.02. The first kappa shape index (κ1) is 34.1. The largest absolute Gasteiger partial charge is 0.445 e. The lowest BCUT2D eigenvalue weighted by Gasteiger charge is -2.28. The summed E-state index contributed by atoms with van der Waals surface area (Å²) in [6.45, 7) is 0.278. The summed E-state index contributed by atoms with van der Waals surface area (Å²) < 4.78 is 5.46. The number of aliphatic hydroxyl groups is 1. The molecule has 4 aromatic rings. The van der Waals surface area contributed by atoms with Crippen molar-refractivity contribution in [3.8, 4) is 0 Å². The number of ether oxygens (including phenoxy) is 1. The highest BCUT2D eigenvalue weighted by molar-refractivity contribution is 5.93. The van der Waals surface area contributed by atoms with E-state index in [1.165, 1.54) is 0 Å². The minimum absolute atomic E-state index is 0.0237. The summed E-state index contributed by atoms with van der Waals surface area (Å²) in [5, 5.41) is 23.3. The molecule has 10 nitrogen and oxygen atoms in total. The van der Waals surface area contributed by atoms with Crippen LogP contribution in [0.15, 0.2) is 103 Å². The Morgan fingerprint density at radius 3 is 2.15 bits per heavy atom. The molecule has 5 rings (SSSR count). The van der Waals surface area contributed by atoms with Gasteiger partial charge in [0.15, 0.2) is 0 Å². The number of carbonyl (C=O) groups is 4. The molecule has 48 heavy (non-hydrogen) atoms. The first-order chi connectivity index (χ1) is 23.4. The van der Waals surface area contributed by atoms with Gasteiger partial charge in [-0.05, 0) is 46.7 Å². The van der Waals surface area contributed by atoms with Gasteiger partial charge in [-0.1, -0.05) is 103 Å². The summed E-state index contributed by atoms with van der Waals surface area (Å²) in [7, 11) is 0. The summed E-state index contributed by atoms with van der Waals surface area (Å²) in [6.07, 6.45) is 1.31. The third-order valence-electron chi connectivity index (χ3n) is 8.58. The number of piperidine rings is 1. The van der Waals surface area contributed by atoms with Gasteiger partial charge in [-0.15, -0.1) is 0 Å². The second kappa shape index (κ2) is 17.1. The minimum atomic E-state index is -1.08. The maximum atomic E-state index is 14.0. The Hall–Kier alpha value is -5.22. The van der Waals surface area contributed by atoms with Gasteiger partial charge in [-0.3, -0.25) is 14.4 Å². The van der Waals surface area contributed by atoms with Gasteiger partial charge < -0.3 is 31.1 Å². The van der Waals surface area contributed by atoms with Crippen molar-refractivity contribution in [2.75, 3.05) is 13.2 Å². The zero-order valence-corrected chi connectivity index (χ0v) is 26.8. The summed E-state index contributed by atoms with van der Waals surface area (Å²) in [5.74, 6) is -1.49. The SMILES string of the molecule is O=C(N[C@@H](Cc1cccc2ccccc12)C(=O)N[C@@H](Cc1ccccc1)C(=O)N[C@H](CO)C[C@@H]1CCCNC1=O)OCc1ccccc1. The molecule has 4 amide bonds. The van der Waals surface area contributed by atoms with E-state index < -0.39 is 36.0 Å².